The van der Waals surface area contributed by atoms with Crippen LogP contribution in [-0.4, -0.2) is 89.2 Å². The Morgan fingerprint density at radius 3 is 2.18 bits per heavy atom. The van der Waals surface area contributed by atoms with Crippen LogP contribution in [0.15, 0.2) is 29.1 Å². The summed E-state index contributed by atoms with van der Waals surface area (Å²) in [4.78, 5) is 41.3. The van der Waals surface area contributed by atoms with E-state index >= 15 is 0 Å². The first-order valence-corrected chi connectivity index (χ1v) is 16.4. The van der Waals surface area contributed by atoms with Crippen molar-refractivity contribution in [2.45, 2.75) is 45.7 Å². The highest BCUT2D eigenvalue weighted by molar-refractivity contribution is 7.88. The van der Waals surface area contributed by atoms with E-state index in [2.05, 4.69) is 10.6 Å². The van der Waals surface area contributed by atoms with E-state index in [9.17, 15) is 22.8 Å². The van der Waals surface area contributed by atoms with Crippen LogP contribution in [0.1, 0.15) is 44.4 Å². The highest BCUT2D eigenvalue weighted by Gasteiger charge is 2.33. The summed E-state index contributed by atoms with van der Waals surface area (Å²) < 4.78 is 42.3. The first-order valence-electron chi connectivity index (χ1n) is 14.6. The Morgan fingerprint density at radius 1 is 0.977 bits per heavy atom. The van der Waals surface area contributed by atoms with E-state index in [0.717, 1.165) is 17.4 Å². The molecule has 1 saturated heterocycles. The van der Waals surface area contributed by atoms with Gasteiger partial charge in [-0.3, -0.25) is 14.4 Å². The Labute approximate surface area is 258 Å². The van der Waals surface area contributed by atoms with Crippen molar-refractivity contribution in [3.8, 4) is 28.4 Å². The van der Waals surface area contributed by atoms with Crippen molar-refractivity contribution in [3.05, 3.63) is 45.6 Å². The highest BCUT2D eigenvalue weighted by atomic mass is 32.2. The van der Waals surface area contributed by atoms with Gasteiger partial charge in [-0.2, -0.15) is 4.31 Å². The number of amides is 2. The molecule has 2 amide bonds. The summed E-state index contributed by atoms with van der Waals surface area (Å²) in [6.07, 6.45) is 2.26. The molecule has 44 heavy (non-hydrogen) atoms. The van der Waals surface area contributed by atoms with Gasteiger partial charge in [0.2, 0.25) is 33.0 Å². The summed E-state index contributed by atoms with van der Waals surface area (Å²) in [6.45, 7) is 6.17. The maximum Gasteiger partial charge on any atom is 0.245 e. The molecule has 2 N–H and O–H groups in total. The zero-order valence-corrected chi connectivity index (χ0v) is 27.2. The number of anilines is 1. The second-order valence-electron chi connectivity index (χ2n) is 11.4. The number of piperazine rings is 1. The fraction of sp³-hybridized carbons (Fsp3) is 0.516. The van der Waals surface area contributed by atoms with Crippen LogP contribution in [0.4, 0.5) is 5.69 Å². The fourth-order valence-corrected chi connectivity index (χ4v) is 6.77. The molecule has 1 aliphatic heterocycles. The molecular weight excluding hydrogens is 588 g/mol. The SMILES string of the molecule is COc1cc2c(c(OC)c1OC)-c1ccc(N[C@@H](C(=O)N3CCN(S(C)(=O)=O)CC3)C(C)C)c(=O)cc1[C@H](NC(C)=O)CC2. The van der Waals surface area contributed by atoms with Gasteiger partial charge in [0.05, 0.1) is 39.3 Å². The van der Waals surface area contributed by atoms with Crippen molar-refractivity contribution in [3.63, 3.8) is 0 Å². The maximum atomic E-state index is 13.8. The van der Waals surface area contributed by atoms with Crippen molar-refractivity contribution in [1.29, 1.82) is 0 Å². The summed E-state index contributed by atoms with van der Waals surface area (Å²) in [6, 6.07) is 5.67. The molecule has 2 aromatic rings. The monoisotopic (exact) mass is 630 g/mol. The van der Waals surface area contributed by atoms with E-state index in [1.165, 1.54) is 31.5 Å². The number of rotatable bonds is 9. The van der Waals surface area contributed by atoms with Gasteiger partial charge in [0, 0.05) is 38.7 Å². The molecule has 13 heteroatoms. The number of ether oxygens (including phenoxy) is 3. The lowest BCUT2D eigenvalue weighted by atomic mass is 9.95. The Bertz CT molecular complexity index is 1590. The minimum Gasteiger partial charge on any atom is -0.493 e. The van der Waals surface area contributed by atoms with Gasteiger partial charge in [-0.15, -0.1) is 0 Å². The molecule has 2 atom stereocenters. The normalized spacial score (nSPS) is 17.5. The topological polar surface area (TPSA) is 144 Å². The Balaban J connectivity index is 1.79. The smallest absolute Gasteiger partial charge is 0.245 e. The maximum absolute atomic E-state index is 13.8. The van der Waals surface area contributed by atoms with Gasteiger partial charge in [0.25, 0.3) is 0 Å². The number of sulfonamides is 1. The van der Waals surface area contributed by atoms with Gasteiger partial charge in [-0.25, -0.2) is 8.42 Å². The van der Waals surface area contributed by atoms with Crippen molar-refractivity contribution in [2.24, 2.45) is 5.92 Å². The molecule has 12 nitrogen and oxygen atoms in total. The molecule has 0 saturated carbocycles. The molecule has 0 spiro atoms. The predicted octanol–water partition coefficient (Wildman–Crippen LogP) is 2.40. The van der Waals surface area contributed by atoms with Crippen LogP contribution in [0.5, 0.6) is 17.2 Å². The second kappa shape index (κ2) is 13.4. The molecule has 1 fully saturated rings. The van der Waals surface area contributed by atoms with Crippen LogP contribution in [0.3, 0.4) is 0 Å². The van der Waals surface area contributed by atoms with Gasteiger partial charge in [-0.05, 0) is 53.6 Å². The molecule has 0 unspecified atom stereocenters. The number of carbonyl (C=O) groups is 2. The van der Waals surface area contributed by atoms with Crippen molar-refractivity contribution < 1.29 is 32.2 Å². The minimum absolute atomic E-state index is 0.178. The summed E-state index contributed by atoms with van der Waals surface area (Å²) >= 11 is 0. The molecule has 1 heterocycles. The Kier molecular flexibility index (Phi) is 10.1. The lowest BCUT2D eigenvalue weighted by Crippen LogP contribution is -2.54. The van der Waals surface area contributed by atoms with E-state index in [0.29, 0.717) is 41.2 Å². The molecule has 1 aliphatic carbocycles. The van der Waals surface area contributed by atoms with Crippen LogP contribution in [-0.2, 0) is 26.0 Å². The first-order chi connectivity index (χ1) is 20.8. The quantitative estimate of drug-likeness (QED) is 0.427. The van der Waals surface area contributed by atoms with Crippen molar-refractivity contribution in [2.75, 3.05) is 59.1 Å². The highest BCUT2D eigenvalue weighted by Crippen LogP contribution is 2.50. The number of nitrogens with one attached hydrogen (secondary N) is 2. The number of hydrogen-bond donors (Lipinski definition) is 2. The van der Waals surface area contributed by atoms with E-state index in [4.69, 9.17) is 14.2 Å². The average Bonchev–Trinajstić information content (AvgIpc) is 3.22. The summed E-state index contributed by atoms with van der Waals surface area (Å²) in [7, 11) is 1.27. The third-order valence-corrected chi connectivity index (χ3v) is 9.48. The van der Waals surface area contributed by atoms with Crippen LogP contribution >= 0.6 is 0 Å². The van der Waals surface area contributed by atoms with Crippen LogP contribution in [0, 0.1) is 5.92 Å². The summed E-state index contributed by atoms with van der Waals surface area (Å²) in [5, 5.41) is 6.19. The second-order valence-corrected chi connectivity index (χ2v) is 13.4. The summed E-state index contributed by atoms with van der Waals surface area (Å²) in [5.74, 6) is 0.746. The fourth-order valence-electron chi connectivity index (χ4n) is 5.94. The van der Waals surface area contributed by atoms with E-state index < -0.39 is 22.1 Å². The van der Waals surface area contributed by atoms with Crippen LogP contribution in [0.25, 0.3) is 11.1 Å². The molecule has 0 aromatic heterocycles. The third-order valence-electron chi connectivity index (χ3n) is 8.18. The van der Waals surface area contributed by atoms with Gasteiger partial charge < -0.3 is 29.7 Å². The lowest BCUT2D eigenvalue weighted by Gasteiger charge is -2.36. The third kappa shape index (κ3) is 6.78. The van der Waals surface area contributed by atoms with Gasteiger partial charge >= 0.3 is 0 Å². The molecular formula is C31H42N4O8S. The van der Waals surface area contributed by atoms with Gasteiger partial charge in [0.1, 0.15) is 6.04 Å². The van der Waals surface area contributed by atoms with Crippen molar-refractivity contribution >= 4 is 27.5 Å². The van der Waals surface area contributed by atoms with Crippen molar-refractivity contribution in [1.82, 2.24) is 14.5 Å². The van der Waals surface area contributed by atoms with Crippen LogP contribution < -0.4 is 30.3 Å². The number of nitrogens with zero attached hydrogens (tertiary/aromatic N) is 2. The molecule has 0 radical (unpaired) electrons. The average molecular weight is 631 g/mol. The Hall–Kier alpha value is -3.84. The number of carbonyl (C=O) groups excluding carboxylic acids is 2. The van der Waals surface area contributed by atoms with E-state index in [1.54, 1.807) is 24.1 Å². The Morgan fingerprint density at radius 2 is 1.64 bits per heavy atom. The number of benzene rings is 1. The summed E-state index contributed by atoms with van der Waals surface area (Å²) in [5.41, 5.74) is 2.82. The molecule has 2 aliphatic rings. The number of fused-ring (bicyclic) bond motifs is 3. The lowest BCUT2D eigenvalue weighted by molar-refractivity contribution is -0.134. The molecule has 2 aromatic carbocycles. The molecule has 4 rings (SSSR count). The van der Waals surface area contributed by atoms with Gasteiger partial charge in [0.15, 0.2) is 11.5 Å². The number of methoxy groups -OCH3 is 3. The largest absolute Gasteiger partial charge is 0.493 e. The van der Waals surface area contributed by atoms with Gasteiger partial charge in [-0.1, -0.05) is 19.9 Å². The zero-order chi connectivity index (χ0) is 32.3. The molecule has 240 valence electrons. The van der Waals surface area contributed by atoms with E-state index in [1.807, 2.05) is 19.9 Å². The zero-order valence-electron chi connectivity index (χ0n) is 26.4. The molecule has 0 bridgehead atoms. The van der Waals surface area contributed by atoms with E-state index in [-0.39, 0.29) is 55.0 Å². The number of hydrogen-bond acceptors (Lipinski definition) is 9. The predicted molar refractivity (Wildman–Crippen MR) is 168 cm³/mol. The standard InChI is InChI=1S/C31H42N4O8S/c1-18(2)28(31(38)34-12-14-35(15-13-34)44(7,39)40)33-24-11-9-21-22(17-25(24)37)23(32-19(3)36)10-8-20-16-26(41-4)29(42-5)30(43-6)27(20)21/h9,11,16-18,23,28H,8,10,12-15H2,1-7H3,(H,32,36)(H,33,37)/t23-,28-/m1/s1. The van der Waals surface area contributed by atoms with Crippen LogP contribution in [0.2, 0.25) is 0 Å². The first kappa shape index (κ1) is 33.1. The number of aryl methyl sites for hydroxylation is 1. The minimum atomic E-state index is -3.34.